The lowest BCUT2D eigenvalue weighted by Gasteiger charge is -1.84. The van der Waals surface area contributed by atoms with Gasteiger partial charge in [0.1, 0.15) is 0 Å². The van der Waals surface area contributed by atoms with Crippen LogP contribution in [0.5, 0.6) is 0 Å². The van der Waals surface area contributed by atoms with Crippen molar-refractivity contribution in [1.29, 1.82) is 0 Å². The summed E-state index contributed by atoms with van der Waals surface area (Å²) in [7, 11) is 0. The first kappa shape index (κ1) is 11.5. The number of alkyl halides is 1. The quantitative estimate of drug-likeness (QED) is 0.371. The van der Waals surface area contributed by atoms with Gasteiger partial charge in [0.2, 0.25) is 6.41 Å². The summed E-state index contributed by atoms with van der Waals surface area (Å²) >= 11 is 5.38. The van der Waals surface area contributed by atoms with E-state index in [9.17, 15) is 0 Å². The summed E-state index contributed by atoms with van der Waals surface area (Å²) < 4.78 is 0. The van der Waals surface area contributed by atoms with E-state index >= 15 is 0 Å². The van der Waals surface area contributed by atoms with Gasteiger partial charge in [0, 0.05) is 5.88 Å². The average Bonchev–Trinajstić information content (AvgIpc) is 1.86. The van der Waals surface area contributed by atoms with Gasteiger partial charge in [-0.3, -0.25) is 4.79 Å². The zero-order valence-electron chi connectivity index (χ0n) is 5.77. The Hall–Kier alpha value is -0.240. The number of amides is 1. The number of carbonyl (C=O) groups excluding carboxylic acids is 1. The molecule has 1 amide bonds. The molecule has 0 bridgehead atoms. The van der Waals surface area contributed by atoms with Gasteiger partial charge in [-0.2, -0.15) is 0 Å². The lowest BCUT2D eigenvalue weighted by Crippen LogP contribution is -1.82. The molecule has 0 saturated carbocycles. The topological polar surface area (TPSA) is 43.1 Å². The van der Waals surface area contributed by atoms with Crippen molar-refractivity contribution in [3.05, 3.63) is 0 Å². The van der Waals surface area contributed by atoms with Gasteiger partial charge in [-0.15, -0.1) is 11.6 Å². The summed E-state index contributed by atoms with van der Waals surface area (Å²) in [4.78, 5) is 8.58. The molecule has 0 atom stereocenters. The minimum absolute atomic E-state index is 0.250. The SMILES string of the molecule is CCCCCCl.NC=O. The fourth-order valence-electron chi connectivity index (χ4n) is 0.344. The van der Waals surface area contributed by atoms with E-state index in [4.69, 9.17) is 16.4 Å². The number of nitrogens with two attached hydrogens (primary N) is 1. The van der Waals surface area contributed by atoms with Crippen LogP contribution < -0.4 is 5.73 Å². The third-order valence-electron chi connectivity index (χ3n) is 0.737. The molecular weight excluding hydrogens is 138 g/mol. The number of halogens is 1. The van der Waals surface area contributed by atoms with E-state index in [1.807, 2.05) is 0 Å². The van der Waals surface area contributed by atoms with Crippen LogP contribution in [0.2, 0.25) is 0 Å². The molecule has 0 aromatic rings. The van der Waals surface area contributed by atoms with Gasteiger partial charge in [0.25, 0.3) is 0 Å². The molecule has 0 heterocycles. The maximum Gasteiger partial charge on any atom is 0.204 e. The van der Waals surface area contributed by atoms with Crippen molar-refractivity contribution in [1.82, 2.24) is 0 Å². The second-order valence-electron chi connectivity index (χ2n) is 1.53. The van der Waals surface area contributed by atoms with Crippen molar-refractivity contribution >= 4 is 18.0 Å². The first-order chi connectivity index (χ1) is 4.33. The molecule has 0 aliphatic rings. The Labute approximate surface area is 61.4 Å². The van der Waals surface area contributed by atoms with Crippen molar-refractivity contribution in [2.45, 2.75) is 26.2 Å². The largest absolute Gasteiger partial charge is 0.372 e. The third-order valence-corrected chi connectivity index (χ3v) is 1.00. The number of carbonyl (C=O) groups is 1. The van der Waals surface area contributed by atoms with Crippen molar-refractivity contribution in [3.8, 4) is 0 Å². The fourth-order valence-corrected chi connectivity index (χ4v) is 0.533. The van der Waals surface area contributed by atoms with Crippen LogP contribution in [-0.2, 0) is 4.79 Å². The van der Waals surface area contributed by atoms with E-state index in [0.29, 0.717) is 0 Å². The molecule has 2 nitrogen and oxygen atoms in total. The molecule has 2 N–H and O–H groups in total. The first-order valence-corrected chi connectivity index (χ1v) is 3.58. The molecule has 0 fully saturated rings. The minimum atomic E-state index is 0.250. The second kappa shape index (κ2) is 15.7. The smallest absolute Gasteiger partial charge is 0.204 e. The van der Waals surface area contributed by atoms with E-state index in [1.54, 1.807) is 0 Å². The van der Waals surface area contributed by atoms with E-state index in [2.05, 4.69) is 12.7 Å². The van der Waals surface area contributed by atoms with Crippen LogP contribution in [0, 0.1) is 0 Å². The molecule has 0 spiro atoms. The van der Waals surface area contributed by atoms with Gasteiger partial charge in [0.15, 0.2) is 0 Å². The summed E-state index contributed by atoms with van der Waals surface area (Å²) in [5.41, 5.74) is 4.17. The van der Waals surface area contributed by atoms with Gasteiger partial charge in [-0.1, -0.05) is 19.8 Å². The molecule has 0 saturated heterocycles. The summed E-state index contributed by atoms with van der Waals surface area (Å²) in [5, 5.41) is 0. The summed E-state index contributed by atoms with van der Waals surface area (Å²) in [6.07, 6.45) is 3.98. The van der Waals surface area contributed by atoms with Crippen LogP contribution in [0.4, 0.5) is 0 Å². The van der Waals surface area contributed by atoms with Crippen LogP contribution in [0.1, 0.15) is 26.2 Å². The van der Waals surface area contributed by atoms with E-state index in [1.165, 1.54) is 19.3 Å². The van der Waals surface area contributed by atoms with Gasteiger partial charge >= 0.3 is 0 Å². The highest BCUT2D eigenvalue weighted by molar-refractivity contribution is 6.17. The number of primary amides is 1. The van der Waals surface area contributed by atoms with Gasteiger partial charge in [-0.05, 0) is 6.42 Å². The van der Waals surface area contributed by atoms with Gasteiger partial charge in [0.05, 0.1) is 0 Å². The lowest BCUT2D eigenvalue weighted by atomic mass is 10.3. The Kier molecular flexibility index (Phi) is 20.1. The molecule has 0 radical (unpaired) electrons. The highest BCUT2D eigenvalue weighted by atomic mass is 35.5. The maximum atomic E-state index is 8.58. The predicted molar refractivity (Wildman–Crippen MR) is 40.5 cm³/mol. The Bertz CT molecular complexity index is 46.3. The van der Waals surface area contributed by atoms with Crippen LogP contribution in [0.3, 0.4) is 0 Å². The number of hydrogen-bond donors (Lipinski definition) is 1. The van der Waals surface area contributed by atoms with Crippen LogP contribution in [0.25, 0.3) is 0 Å². The monoisotopic (exact) mass is 151 g/mol. The predicted octanol–water partition coefficient (Wildman–Crippen LogP) is 1.52. The Morgan fingerprint density at radius 1 is 1.56 bits per heavy atom. The highest BCUT2D eigenvalue weighted by Crippen LogP contribution is 1.93. The summed E-state index contributed by atoms with van der Waals surface area (Å²) in [5.74, 6) is 0.827. The molecule has 0 aromatic heterocycles. The Balaban J connectivity index is 0. The first-order valence-electron chi connectivity index (χ1n) is 3.04. The van der Waals surface area contributed by atoms with Gasteiger partial charge in [-0.25, -0.2) is 0 Å². The molecule has 56 valence electrons. The van der Waals surface area contributed by atoms with Crippen LogP contribution >= 0.6 is 11.6 Å². The molecule has 0 unspecified atom stereocenters. The molecular formula is C6H14ClNO. The van der Waals surface area contributed by atoms with Gasteiger partial charge < -0.3 is 5.73 Å². The standard InChI is InChI=1S/C5H11Cl.CH3NO/c1-2-3-4-5-6;2-1-3/h2-5H2,1H3;1H,(H2,2,3). The molecule has 9 heavy (non-hydrogen) atoms. The Morgan fingerprint density at radius 3 is 2.11 bits per heavy atom. The normalized spacial score (nSPS) is 7.33. The van der Waals surface area contributed by atoms with Crippen molar-refractivity contribution < 1.29 is 4.79 Å². The number of hydrogen-bond acceptors (Lipinski definition) is 1. The van der Waals surface area contributed by atoms with E-state index < -0.39 is 0 Å². The molecule has 0 aliphatic heterocycles. The molecule has 0 rings (SSSR count). The number of unbranched alkanes of at least 4 members (excludes halogenated alkanes) is 2. The third kappa shape index (κ3) is 33.8. The van der Waals surface area contributed by atoms with Crippen molar-refractivity contribution in [2.24, 2.45) is 5.73 Å². The fraction of sp³-hybridized carbons (Fsp3) is 0.833. The van der Waals surface area contributed by atoms with E-state index in [0.717, 1.165) is 5.88 Å². The zero-order valence-corrected chi connectivity index (χ0v) is 6.53. The van der Waals surface area contributed by atoms with Crippen molar-refractivity contribution in [3.63, 3.8) is 0 Å². The minimum Gasteiger partial charge on any atom is -0.372 e. The average molecular weight is 152 g/mol. The summed E-state index contributed by atoms with van der Waals surface area (Å²) in [6, 6.07) is 0. The molecule has 3 heteroatoms. The number of rotatable bonds is 3. The Morgan fingerprint density at radius 2 is 2.00 bits per heavy atom. The maximum absolute atomic E-state index is 8.58. The highest BCUT2D eigenvalue weighted by Gasteiger charge is 1.76. The van der Waals surface area contributed by atoms with Crippen molar-refractivity contribution in [2.75, 3.05) is 5.88 Å². The molecule has 0 aromatic carbocycles. The zero-order chi connectivity index (χ0) is 7.54. The van der Waals surface area contributed by atoms with Crippen LogP contribution in [0.15, 0.2) is 0 Å². The molecule has 0 aliphatic carbocycles. The second-order valence-corrected chi connectivity index (χ2v) is 1.91. The summed E-state index contributed by atoms with van der Waals surface area (Å²) in [6.45, 7) is 2.17. The van der Waals surface area contributed by atoms with E-state index in [-0.39, 0.29) is 6.41 Å². The lowest BCUT2D eigenvalue weighted by molar-refractivity contribution is -0.106. The van der Waals surface area contributed by atoms with Crippen LogP contribution in [-0.4, -0.2) is 12.3 Å².